The van der Waals surface area contributed by atoms with Gasteiger partial charge < -0.3 is 9.47 Å². The molecular weight excluding hydrogens is 552 g/mol. The van der Waals surface area contributed by atoms with Crippen LogP contribution in [0.25, 0.3) is 0 Å². The van der Waals surface area contributed by atoms with Crippen LogP contribution < -0.4 is 9.47 Å². The van der Waals surface area contributed by atoms with Crippen LogP contribution in [0.15, 0.2) is 54.6 Å². The largest absolute Gasteiger partial charge is 0.454 e. The molecule has 0 unspecified atom stereocenters. The predicted octanol–water partition coefficient (Wildman–Crippen LogP) is 12.3. The summed E-state index contributed by atoms with van der Waals surface area (Å²) in [5.74, 6) is -3.57. The lowest BCUT2D eigenvalue weighted by Crippen LogP contribution is -2.25. The zero-order chi connectivity index (χ0) is 30.9. The smallest absolute Gasteiger partial charge is 0.432 e. The Hall–Kier alpha value is -3.02. The highest BCUT2D eigenvalue weighted by molar-refractivity contribution is 5.38. The van der Waals surface area contributed by atoms with Crippen molar-refractivity contribution in [2.45, 2.75) is 123 Å². The Bertz CT molecular complexity index is 1190. The Labute approximate surface area is 255 Å². The Balaban J connectivity index is 1.54. The van der Waals surface area contributed by atoms with Gasteiger partial charge in [-0.1, -0.05) is 115 Å². The van der Waals surface area contributed by atoms with E-state index in [0.29, 0.717) is 6.07 Å². The molecule has 43 heavy (non-hydrogen) atoms. The van der Waals surface area contributed by atoms with Gasteiger partial charge >= 0.3 is 6.11 Å². The van der Waals surface area contributed by atoms with Gasteiger partial charge in [0.2, 0.25) is 0 Å². The fourth-order valence-electron chi connectivity index (χ4n) is 5.16. The second-order valence-corrected chi connectivity index (χ2v) is 11.4. The van der Waals surface area contributed by atoms with E-state index >= 15 is 13.2 Å². The van der Waals surface area contributed by atoms with Crippen LogP contribution in [0.2, 0.25) is 0 Å². The van der Waals surface area contributed by atoms with E-state index < -0.39 is 29.1 Å². The van der Waals surface area contributed by atoms with Crippen molar-refractivity contribution in [3.05, 3.63) is 89.0 Å². The summed E-state index contributed by atoms with van der Waals surface area (Å²) in [5, 5.41) is 0. The first kappa shape index (κ1) is 34.5. The second kappa shape index (κ2) is 18.6. The number of halogens is 4. The number of ether oxygens (including phenoxy) is 2. The van der Waals surface area contributed by atoms with E-state index in [1.54, 1.807) is 24.3 Å². The summed E-state index contributed by atoms with van der Waals surface area (Å²) in [6.45, 7) is 4.40. The van der Waals surface area contributed by atoms with Crippen molar-refractivity contribution >= 4 is 0 Å². The van der Waals surface area contributed by atoms with E-state index in [9.17, 15) is 4.39 Å². The van der Waals surface area contributed by atoms with Crippen LogP contribution in [-0.4, -0.2) is 0 Å². The molecule has 0 spiro atoms. The molecule has 0 aliphatic heterocycles. The monoisotopic (exact) mass is 599 g/mol. The molecular formula is C37H47F4O2. The molecule has 0 bridgehead atoms. The first-order valence-corrected chi connectivity index (χ1v) is 16.2. The number of rotatable bonds is 21. The van der Waals surface area contributed by atoms with Crippen LogP contribution in [0.4, 0.5) is 17.6 Å². The fraction of sp³-hybridized carbons (Fsp3) is 0.514. The Kier molecular flexibility index (Phi) is 14.9. The second-order valence-electron chi connectivity index (χ2n) is 11.4. The number of hydrogen-bond acceptors (Lipinski definition) is 2. The Morgan fingerprint density at radius 1 is 0.605 bits per heavy atom. The third-order valence-corrected chi connectivity index (χ3v) is 7.73. The van der Waals surface area contributed by atoms with E-state index in [0.717, 1.165) is 49.7 Å². The van der Waals surface area contributed by atoms with E-state index in [-0.39, 0.29) is 11.5 Å². The van der Waals surface area contributed by atoms with Gasteiger partial charge in [0.25, 0.3) is 0 Å². The molecule has 0 amide bonds. The topological polar surface area (TPSA) is 18.5 Å². The van der Waals surface area contributed by atoms with Gasteiger partial charge in [0, 0.05) is 6.07 Å². The standard InChI is InChI=1S/C37H47F4O2/c1-3-5-7-9-11-12-14-16-18-30-21-25-32(26-22-30)43-37(40,41)35-33(38)27-28-34(36(35)39)42-31-23-19-29(20-24-31)17-15-13-10-8-6-4-2/h19-27H,3-18H2,1-2H3. The van der Waals surface area contributed by atoms with Crippen molar-refractivity contribution in [3.8, 4) is 17.2 Å². The third-order valence-electron chi connectivity index (χ3n) is 7.73. The molecule has 0 aliphatic carbocycles. The molecule has 0 aromatic heterocycles. The highest BCUT2D eigenvalue weighted by atomic mass is 19.3. The maximum absolute atomic E-state index is 15.2. The summed E-state index contributed by atoms with van der Waals surface area (Å²) >= 11 is 0. The van der Waals surface area contributed by atoms with Gasteiger partial charge in [-0.2, -0.15) is 8.78 Å². The molecule has 6 heteroatoms. The number of unbranched alkanes of at least 4 members (excludes halogenated alkanes) is 12. The average molecular weight is 600 g/mol. The van der Waals surface area contributed by atoms with Crippen LogP contribution in [0, 0.1) is 17.7 Å². The summed E-state index contributed by atoms with van der Waals surface area (Å²) in [5.41, 5.74) is 0.599. The van der Waals surface area contributed by atoms with Gasteiger partial charge in [0.05, 0.1) is 0 Å². The van der Waals surface area contributed by atoms with Crippen molar-refractivity contribution in [1.29, 1.82) is 0 Å². The molecule has 1 radical (unpaired) electrons. The maximum atomic E-state index is 15.2. The predicted molar refractivity (Wildman–Crippen MR) is 166 cm³/mol. The highest BCUT2D eigenvalue weighted by Crippen LogP contribution is 2.39. The lowest BCUT2D eigenvalue weighted by Gasteiger charge is -2.20. The molecule has 0 saturated heterocycles. The SMILES string of the molecule is CCCCCCCCCCc1ccc(OC(F)(F)c2c(F)c[c]c(Oc3ccc(CCCCCCCC)cc3)c2F)cc1. The number of alkyl halides is 2. The van der Waals surface area contributed by atoms with Crippen molar-refractivity contribution in [2.75, 3.05) is 0 Å². The van der Waals surface area contributed by atoms with Crippen molar-refractivity contribution < 1.29 is 27.0 Å². The summed E-state index contributed by atoms with van der Waals surface area (Å²) in [4.78, 5) is 0. The molecule has 0 fully saturated rings. The minimum atomic E-state index is -4.26. The minimum Gasteiger partial charge on any atom is -0.454 e. The maximum Gasteiger partial charge on any atom is 0.432 e. The Morgan fingerprint density at radius 2 is 1.05 bits per heavy atom. The molecule has 3 aromatic rings. The number of benzene rings is 3. The third kappa shape index (κ3) is 11.9. The molecule has 0 saturated carbocycles. The van der Waals surface area contributed by atoms with Crippen molar-refractivity contribution in [2.24, 2.45) is 0 Å². The van der Waals surface area contributed by atoms with E-state index in [1.165, 1.54) is 76.3 Å². The number of aryl methyl sites for hydroxylation is 2. The van der Waals surface area contributed by atoms with Crippen LogP contribution in [0.1, 0.15) is 120 Å². The van der Waals surface area contributed by atoms with Gasteiger partial charge in [0.15, 0.2) is 11.6 Å². The summed E-state index contributed by atoms with van der Waals surface area (Å²) < 4.78 is 70.1. The molecule has 3 rings (SSSR count). The lowest BCUT2D eigenvalue weighted by atomic mass is 10.0. The van der Waals surface area contributed by atoms with Crippen molar-refractivity contribution in [3.63, 3.8) is 0 Å². The molecule has 235 valence electrons. The van der Waals surface area contributed by atoms with Crippen LogP contribution in [0.3, 0.4) is 0 Å². The number of hydrogen-bond donors (Lipinski definition) is 0. The van der Waals surface area contributed by atoms with Gasteiger partial charge in [-0.15, -0.1) is 0 Å². The average Bonchev–Trinajstić information content (AvgIpc) is 2.99. The molecule has 2 nitrogen and oxygen atoms in total. The van der Waals surface area contributed by atoms with E-state index in [4.69, 9.17) is 9.47 Å². The quantitative estimate of drug-likeness (QED) is 0.0896. The zero-order valence-electron chi connectivity index (χ0n) is 25.8. The van der Waals surface area contributed by atoms with E-state index in [2.05, 4.69) is 19.9 Å². The van der Waals surface area contributed by atoms with Crippen molar-refractivity contribution in [1.82, 2.24) is 0 Å². The molecule has 3 aromatic carbocycles. The summed E-state index contributed by atoms with van der Waals surface area (Å²) in [6, 6.07) is 16.2. The lowest BCUT2D eigenvalue weighted by molar-refractivity contribution is -0.189. The first-order chi connectivity index (χ1) is 20.8. The Morgan fingerprint density at radius 3 is 1.53 bits per heavy atom. The minimum absolute atomic E-state index is 0.181. The molecule has 0 heterocycles. The van der Waals surface area contributed by atoms with Gasteiger partial charge in [-0.3, -0.25) is 0 Å². The zero-order valence-corrected chi connectivity index (χ0v) is 25.8. The van der Waals surface area contributed by atoms with Gasteiger partial charge in [-0.05, 0) is 67.1 Å². The fourth-order valence-corrected chi connectivity index (χ4v) is 5.16. The van der Waals surface area contributed by atoms with Crippen LogP contribution >= 0.6 is 0 Å². The van der Waals surface area contributed by atoms with Crippen LogP contribution in [-0.2, 0) is 19.0 Å². The molecule has 0 atom stereocenters. The summed E-state index contributed by atoms with van der Waals surface area (Å²) in [7, 11) is 0. The van der Waals surface area contributed by atoms with Crippen LogP contribution in [0.5, 0.6) is 17.2 Å². The first-order valence-electron chi connectivity index (χ1n) is 16.2. The molecule has 0 aliphatic rings. The van der Waals surface area contributed by atoms with Gasteiger partial charge in [0.1, 0.15) is 22.9 Å². The van der Waals surface area contributed by atoms with E-state index in [1.807, 2.05) is 12.1 Å². The van der Waals surface area contributed by atoms with Gasteiger partial charge in [-0.25, -0.2) is 8.78 Å². The molecule has 0 N–H and O–H groups in total. The highest BCUT2D eigenvalue weighted by Gasteiger charge is 2.42. The summed E-state index contributed by atoms with van der Waals surface area (Å²) in [6.07, 6.45) is 14.3. The normalized spacial score (nSPS) is 11.6.